The number of morpholine rings is 1. The molecule has 1 saturated carbocycles. The van der Waals surface area contributed by atoms with Gasteiger partial charge in [-0.1, -0.05) is 17.8 Å². The summed E-state index contributed by atoms with van der Waals surface area (Å²) in [5.74, 6) is 1.61. The van der Waals surface area contributed by atoms with Gasteiger partial charge in [-0.05, 0) is 24.5 Å². The monoisotopic (exact) mass is 580 g/mol. The molecule has 0 bridgehead atoms. The highest BCUT2D eigenvalue weighted by molar-refractivity contribution is 7.20. The lowest BCUT2D eigenvalue weighted by atomic mass is 9.91. The largest absolute Gasteiger partial charge is 0.439 e. The third kappa shape index (κ3) is 4.72. The topological polar surface area (TPSA) is 149 Å². The summed E-state index contributed by atoms with van der Waals surface area (Å²) in [5.41, 5.74) is 7.09. The summed E-state index contributed by atoms with van der Waals surface area (Å²) < 4.78 is 12.3. The number of nitrogens with one attached hydrogen (secondary N) is 3. The number of ether oxygens (including phenoxy) is 1. The van der Waals surface area contributed by atoms with Gasteiger partial charge < -0.3 is 35.7 Å². The molecule has 6 N–H and O–H groups in total. The van der Waals surface area contributed by atoms with Gasteiger partial charge in [0, 0.05) is 49.3 Å². The molecule has 2 aliphatic heterocycles. The number of hydrogen-bond acceptors (Lipinski definition) is 11. The Hall–Kier alpha value is -3.52. The number of hydrogen-bond donors (Lipinski definition) is 4. The Morgan fingerprint density at radius 3 is 2.85 bits per heavy atom. The van der Waals surface area contributed by atoms with E-state index in [1.807, 2.05) is 16.3 Å². The molecule has 1 amide bonds. The molecule has 13 heteroatoms. The molecule has 11 nitrogen and oxygen atoms in total. The Morgan fingerprint density at radius 1 is 1.15 bits per heavy atom. The number of carbonyl (C=O) groups is 1. The second-order valence-electron chi connectivity index (χ2n) is 10.4. The summed E-state index contributed by atoms with van der Waals surface area (Å²) in [5, 5.41) is 12.3. The summed E-state index contributed by atoms with van der Waals surface area (Å²) in [6.45, 7) is 3.03. The molecule has 4 aromatic heterocycles. The van der Waals surface area contributed by atoms with Crippen molar-refractivity contribution in [1.29, 1.82) is 0 Å². The average Bonchev–Trinajstić information content (AvgIpc) is 3.69. The molecule has 2 fully saturated rings. The van der Waals surface area contributed by atoms with Crippen molar-refractivity contribution >= 4 is 61.5 Å². The maximum absolute atomic E-state index is 12.9. The lowest BCUT2D eigenvalue weighted by Crippen LogP contribution is -2.68. The van der Waals surface area contributed by atoms with Crippen molar-refractivity contribution in [3.05, 3.63) is 45.1 Å². The number of thiazole rings is 1. The molecule has 1 aliphatic carbocycles. The Balaban J connectivity index is 1.19. The molecule has 6 heterocycles. The number of rotatable bonds is 6. The first kappa shape index (κ1) is 25.4. The highest BCUT2D eigenvalue weighted by atomic mass is 32.1. The van der Waals surface area contributed by atoms with Crippen molar-refractivity contribution in [2.45, 2.75) is 44.3 Å². The van der Waals surface area contributed by atoms with Crippen LogP contribution in [-0.2, 0) is 11.3 Å². The number of anilines is 4. The summed E-state index contributed by atoms with van der Waals surface area (Å²) in [7, 11) is 0. The fourth-order valence-electron chi connectivity index (χ4n) is 5.60. The Labute approximate surface area is 237 Å². The Morgan fingerprint density at radius 2 is 2.00 bits per heavy atom. The number of pyridine rings is 1. The van der Waals surface area contributed by atoms with E-state index in [1.54, 1.807) is 12.3 Å². The van der Waals surface area contributed by atoms with Crippen LogP contribution in [-0.4, -0.2) is 54.3 Å². The number of aromatic nitrogens is 2. The van der Waals surface area contributed by atoms with Crippen molar-refractivity contribution < 1.29 is 19.7 Å². The first-order valence-electron chi connectivity index (χ1n) is 13.6. The molecule has 40 heavy (non-hydrogen) atoms. The lowest BCUT2D eigenvalue weighted by molar-refractivity contribution is -0.427. The van der Waals surface area contributed by atoms with Gasteiger partial charge in [0.1, 0.15) is 22.4 Å². The fourth-order valence-corrected chi connectivity index (χ4v) is 7.41. The predicted molar refractivity (Wildman–Crippen MR) is 156 cm³/mol. The molecule has 2 atom stereocenters. The number of thiophene rings is 1. The van der Waals surface area contributed by atoms with Gasteiger partial charge in [0.2, 0.25) is 5.43 Å². The van der Waals surface area contributed by atoms with E-state index in [4.69, 9.17) is 14.1 Å². The van der Waals surface area contributed by atoms with Crippen LogP contribution in [0.25, 0.3) is 20.7 Å². The zero-order chi connectivity index (χ0) is 27.2. The van der Waals surface area contributed by atoms with E-state index in [1.165, 1.54) is 35.5 Å². The first-order chi connectivity index (χ1) is 19.5. The van der Waals surface area contributed by atoms with Crippen LogP contribution < -0.4 is 32.0 Å². The number of amides is 1. The Bertz CT molecular complexity index is 1640. The molecule has 0 aromatic carbocycles. The van der Waals surface area contributed by atoms with Gasteiger partial charge in [-0.25, -0.2) is 9.97 Å². The summed E-state index contributed by atoms with van der Waals surface area (Å²) in [6.07, 6.45) is 6.29. The first-order valence-corrected chi connectivity index (χ1v) is 15.3. The zero-order valence-corrected chi connectivity index (χ0v) is 23.5. The molecular weight excluding hydrogens is 550 g/mol. The van der Waals surface area contributed by atoms with Gasteiger partial charge in [-0.3, -0.25) is 9.59 Å². The van der Waals surface area contributed by atoms with Crippen LogP contribution in [0, 0.1) is 0 Å². The van der Waals surface area contributed by atoms with Gasteiger partial charge >= 0.3 is 0 Å². The molecule has 0 radical (unpaired) electrons. The van der Waals surface area contributed by atoms with Gasteiger partial charge in [-0.2, -0.15) is 0 Å². The summed E-state index contributed by atoms with van der Waals surface area (Å²) in [6, 6.07) is 4.10. The minimum Gasteiger partial charge on any atom is -0.439 e. The summed E-state index contributed by atoms with van der Waals surface area (Å²) in [4.78, 5) is 37.8. The minimum atomic E-state index is -0.151. The van der Waals surface area contributed by atoms with E-state index in [0.29, 0.717) is 71.6 Å². The van der Waals surface area contributed by atoms with Crippen molar-refractivity contribution in [2.75, 3.05) is 41.8 Å². The third-order valence-electron chi connectivity index (χ3n) is 7.76. The maximum atomic E-state index is 12.9. The standard InChI is InChI=1S/C27H29N7O4S2/c28-16-3-1-2-4-17(16)31-20-9-14-11-29-26(36)22(14)25(32-20)33-27-30-12-19(40-27)15-13-39-24-18(35)10-21(38-23(15)24)34-5-7-37-8-6-34/h9-10,12-13,16-17H,1-8,11,28H2,(H,29,36)(H2,30,31,32,33)/p+1/t16-,17+/m1/s1. The van der Waals surface area contributed by atoms with Crippen LogP contribution in [0.2, 0.25) is 0 Å². The van der Waals surface area contributed by atoms with Crippen LogP contribution in [0.3, 0.4) is 0 Å². The number of quaternary nitrogens is 1. The van der Waals surface area contributed by atoms with Crippen LogP contribution in [0.4, 0.5) is 22.7 Å². The number of carbonyl (C=O) groups excluding carboxylic acids is 1. The molecular formula is C27H30N7O4S2+. The molecule has 7 rings (SSSR count). The molecule has 0 spiro atoms. The SMILES string of the molecule is [NH3+][C@@H]1CCCC[C@@H]1Nc1cc2c(c(Nc3ncc(-c4csc5c(=O)cc(N6CCOCC6)oc45)s3)n1)C(=O)NC2. The van der Waals surface area contributed by atoms with Gasteiger partial charge in [-0.15, -0.1) is 11.3 Å². The minimum absolute atomic E-state index is 0.0561. The predicted octanol–water partition coefficient (Wildman–Crippen LogP) is 3.16. The number of fused-ring (bicyclic) bond motifs is 2. The smallest absolute Gasteiger partial charge is 0.255 e. The van der Waals surface area contributed by atoms with E-state index < -0.39 is 0 Å². The normalized spacial score (nSPS) is 20.9. The van der Waals surface area contributed by atoms with Crippen molar-refractivity contribution in [3.8, 4) is 10.4 Å². The van der Waals surface area contributed by atoms with E-state index in [-0.39, 0.29) is 17.4 Å². The second-order valence-corrected chi connectivity index (χ2v) is 12.3. The highest BCUT2D eigenvalue weighted by Gasteiger charge is 2.29. The fraction of sp³-hybridized carbons (Fsp3) is 0.407. The van der Waals surface area contributed by atoms with E-state index in [0.717, 1.165) is 34.7 Å². The average molecular weight is 581 g/mol. The Kier molecular flexibility index (Phi) is 6.66. The highest BCUT2D eigenvalue weighted by Crippen LogP contribution is 2.39. The van der Waals surface area contributed by atoms with Crippen molar-refractivity contribution in [3.63, 3.8) is 0 Å². The van der Waals surface area contributed by atoms with E-state index in [9.17, 15) is 9.59 Å². The molecule has 0 unspecified atom stereocenters. The molecule has 3 aliphatic rings. The lowest BCUT2D eigenvalue weighted by Gasteiger charge is -2.27. The van der Waals surface area contributed by atoms with Gasteiger partial charge in [0.15, 0.2) is 16.6 Å². The third-order valence-corrected chi connectivity index (χ3v) is 9.68. The molecule has 1 saturated heterocycles. The summed E-state index contributed by atoms with van der Waals surface area (Å²) >= 11 is 2.79. The van der Waals surface area contributed by atoms with Crippen molar-refractivity contribution in [2.24, 2.45) is 0 Å². The van der Waals surface area contributed by atoms with Crippen LogP contribution in [0.5, 0.6) is 0 Å². The van der Waals surface area contributed by atoms with Gasteiger partial charge in [0.05, 0.1) is 29.7 Å². The molecule has 4 aromatic rings. The second kappa shape index (κ2) is 10.5. The van der Waals surface area contributed by atoms with E-state index >= 15 is 0 Å². The quantitative estimate of drug-likeness (QED) is 0.270. The van der Waals surface area contributed by atoms with Gasteiger partial charge in [0.25, 0.3) is 5.91 Å². The maximum Gasteiger partial charge on any atom is 0.255 e. The molecule has 208 valence electrons. The van der Waals surface area contributed by atoms with Crippen LogP contribution in [0.1, 0.15) is 41.6 Å². The van der Waals surface area contributed by atoms with Crippen molar-refractivity contribution in [1.82, 2.24) is 15.3 Å². The van der Waals surface area contributed by atoms with Crippen LogP contribution in [0.15, 0.2) is 32.9 Å². The number of nitrogens with zero attached hydrogens (tertiary/aromatic N) is 3. The van der Waals surface area contributed by atoms with E-state index in [2.05, 4.69) is 26.7 Å². The van der Waals surface area contributed by atoms with Crippen LogP contribution >= 0.6 is 22.7 Å². The zero-order valence-electron chi connectivity index (χ0n) is 21.8.